The minimum absolute atomic E-state index is 0.0139. The van der Waals surface area contributed by atoms with Crippen molar-refractivity contribution in [3.05, 3.63) is 63.3 Å². The van der Waals surface area contributed by atoms with Gasteiger partial charge in [0.2, 0.25) is 5.95 Å². The van der Waals surface area contributed by atoms with Crippen molar-refractivity contribution in [1.29, 1.82) is 0 Å². The van der Waals surface area contributed by atoms with Gasteiger partial charge in [-0.15, -0.1) is 0 Å². The van der Waals surface area contributed by atoms with E-state index in [1.807, 2.05) is 31.1 Å². The molecule has 0 atom stereocenters. The summed E-state index contributed by atoms with van der Waals surface area (Å²) in [6.45, 7) is 4.18. The summed E-state index contributed by atoms with van der Waals surface area (Å²) in [5.74, 6) is 0.879. The predicted octanol–water partition coefficient (Wildman–Crippen LogP) is 5.28. The zero-order valence-electron chi connectivity index (χ0n) is 20.9. The molecule has 192 valence electrons. The van der Waals surface area contributed by atoms with Crippen LogP contribution in [0.25, 0.3) is 0 Å². The molecule has 0 saturated heterocycles. The highest BCUT2D eigenvalue weighted by molar-refractivity contribution is 7.70. The van der Waals surface area contributed by atoms with E-state index in [4.69, 9.17) is 16.3 Å². The van der Waals surface area contributed by atoms with Gasteiger partial charge in [-0.1, -0.05) is 23.7 Å². The SMILES string of the molecule is COc1cc(CCCN(C)C)c([N+](=O)[O-])cc1Nc1ncc(Cl)c(Nc2ccccc2P(C)(C)=O)n1. The Morgan fingerprint density at radius 3 is 2.53 bits per heavy atom. The lowest BCUT2D eigenvalue weighted by Crippen LogP contribution is -2.14. The molecule has 0 aliphatic heterocycles. The van der Waals surface area contributed by atoms with Crippen molar-refractivity contribution in [2.75, 3.05) is 51.7 Å². The van der Waals surface area contributed by atoms with Gasteiger partial charge in [-0.05, 0) is 65.0 Å². The molecule has 0 aliphatic rings. The van der Waals surface area contributed by atoms with Gasteiger partial charge >= 0.3 is 0 Å². The number of ether oxygens (including phenoxy) is 1. The smallest absolute Gasteiger partial charge is 0.274 e. The average Bonchev–Trinajstić information content (AvgIpc) is 2.81. The predicted molar refractivity (Wildman–Crippen MR) is 146 cm³/mol. The third-order valence-corrected chi connectivity index (χ3v) is 7.20. The van der Waals surface area contributed by atoms with Gasteiger partial charge in [-0.3, -0.25) is 10.1 Å². The van der Waals surface area contributed by atoms with Crippen LogP contribution in [0.3, 0.4) is 0 Å². The fourth-order valence-corrected chi connectivity index (χ4v) is 4.94. The Hall–Kier alpha value is -3.20. The topological polar surface area (TPSA) is 123 Å². The largest absolute Gasteiger partial charge is 0.495 e. The first-order valence-corrected chi connectivity index (χ1v) is 14.2. The molecule has 2 N–H and O–H groups in total. The number of nitro benzene ring substituents is 1. The number of rotatable bonds is 11. The van der Waals surface area contributed by atoms with Crippen molar-refractivity contribution in [2.45, 2.75) is 12.8 Å². The summed E-state index contributed by atoms with van der Waals surface area (Å²) in [7, 11) is 2.84. The van der Waals surface area contributed by atoms with E-state index in [2.05, 4.69) is 20.6 Å². The Kier molecular flexibility index (Phi) is 8.89. The lowest BCUT2D eigenvalue weighted by molar-refractivity contribution is -0.385. The number of hydrogen-bond donors (Lipinski definition) is 2. The van der Waals surface area contributed by atoms with Crippen LogP contribution in [-0.4, -0.2) is 60.9 Å². The minimum Gasteiger partial charge on any atom is -0.495 e. The maximum atomic E-state index is 12.7. The number of aromatic nitrogens is 2. The van der Waals surface area contributed by atoms with Crippen LogP contribution in [0, 0.1) is 10.1 Å². The molecule has 1 heterocycles. The number of methoxy groups -OCH3 is 1. The van der Waals surface area contributed by atoms with Gasteiger partial charge in [0.15, 0.2) is 5.82 Å². The summed E-state index contributed by atoms with van der Waals surface area (Å²) in [5, 5.41) is 18.8. The van der Waals surface area contributed by atoms with E-state index in [1.54, 1.807) is 31.5 Å². The van der Waals surface area contributed by atoms with Crippen molar-refractivity contribution >= 4 is 52.9 Å². The molecule has 0 spiro atoms. The van der Waals surface area contributed by atoms with Crippen LogP contribution < -0.4 is 20.7 Å². The number of nitrogens with zero attached hydrogens (tertiary/aromatic N) is 4. The third kappa shape index (κ3) is 6.94. The Labute approximate surface area is 215 Å². The van der Waals surface area contributed by atoms with Crippen LogP contribution in [0.15, 0.2) is 42.6 Å². The van der Waals surface area contributed by atoms with E-state index in [0.717, 1.165) is 13.0 Å². The van der Waals surface area contributed by atoms with Crippen LogP contribution in [0.2, 0.25) is 5.02 Å². The molecule has 1 aromatic heterocycles. The first-order chi connectivity index (χ1) is 17.0. The Morgan fingerprint density at radius 2 is 1.89 bits per heavy atom. The maximum absolute atomic E-state index is 12.7. The fraction of sp³-hybridized carbons (Fsp3) is 0.333. The zero-order valence-corrected chi connectivity index (χ0v) is 22.6. The van der Waals surface area contributed by atoms with E-state index >= 15 is 0 Å². The molecule has 0 bridgehead atoms. The van der Waals surface area contributed by atoms with Crippen LogP contribution >= 0.6 is 18.7 Å². The van der Waals surface area contributed by atoms with Crippen molar-refractivity contribution in [3.8, 4) is 5.75 Å². The number of aryl methyl sites for hydroxylation is 1. The van der Waals surface area contributed by atoms with Gasteiger partial charge in [0.1, 0.15) is 17.9 Å². The van der Waals surface area contributed by atoms with Gasteiger partial charge in [-0.25, -0.2) is 4.98 Å². The number of nitro groups is 1. The third-order valence-electron chi connectivity index (χ3n) is 5.38. The maximum Gasteiger partial charge on any atom is 0.274 e. The second-order valence-electron chi connectivity index (χ2n) is 8.85. The number of nitrogens with one attached hydrogen (secondary N) is 2. The van der Waals surface area contributed by atoms with E-state index in [9.17, 15) is 14.7 Å². The molecule has 0 fully saturated rings. The van der Waals surface area contributed by atoms with E-state index in [-0.39, 0.29) is 16.7 Å². The molecule has 36 heavy (non-hydrogen) atoms. The van der Waals surface area contributed by atoms with E-state index in [0.29, 0.717) is 40.2 Å². The van der Waals surface area contributed by atoms with Crippen LogP contribution in [0.4, 0.5) is 28.8 Å². The van der Waals surface area contributed by atoms with E-state index < -0.39 is 12.1 Å². The molecule has 3 rings (SSSR count). The zero-order chi connectivity index (χ0) is 26.5. The molecule has 0 radical (unpaired) electrons. The standard InChI is InChI=1S/C24H30ClN6O4P/c1-30(2)12-8-9-16-13-21(35-3)19(14-20(16)31(32)33)28-24-26-15-17(25)23(29-24)27-18-10-6-7-11-22(18)36(4,5)34/h6-7,10-11,13-15H,8-9,12H2,1-5H3,(H2,26,27,28,29). The average molecular weight is 533 g/mol. The second kappa shape index (κ2) is 11.7. The fourth-order valence-electron chi connectivity index (χ4n) is 3.64. The van der Waals surface area contributed by atoms with Crippen molar-refractivity contribution in [3.63, 3.8) is 0 Å². The number of halogens is 1. The number of benzene rings is 2. The summed E-state index contributed by atoms with van der Waals surface area (Å²) in [4.78, 5) is 22.1. The van der Waals surface area contributed by atoms with Gasteiger partial charge in [-0.2, -0.15) is 4.98 Å². The Balaban J connectivity index is 1.93. The summed E-state index contributed by atoms with van der Waals surface area (Å²) < 4.78 is 18.2. The van der Waals surface area contributed by atoms with Crippen LogP contribution in [-0.2, 0) is 11.0 Å². The lowest BCUT2D eigenvalue weighted by Gasteiger charge is -2.16. The highest BCUT2D eigenvalue weighted by atomic mass is 35.5. The lowest BCUT2D eigenvalue weighted by atomic mass is 10.1. The summed E-state index contributed by atoms with van der Waals surface area (Å²) in [6, 6.07) is 10.3. The van der Waals surface area contributed by atoms with Crippen LogP contribution in [0.1, 0.15) is 12.0 Å². The molecular weight excluding hydrogens is 503 g/mol. The Bertz CT molecular complexity index is 1300. The van der Waals surface area contributed by atoms with Crippen molar-refractivity contribution in [1.82, 2.24) is 14.9 Å². The highest BCUT2D eigenvalue weighted by Gasteiger charge is 2.21. The summed E-state index contributed by atoms with van der Waals surface area (Å²) in [6.07, 6.45) is 2.72. The molecule has 0 unspecified atom stereocenters. The molecular formula is C24H30ClN6O4P. The molecule has 0 saturated carbocycles. The van der Waals surface area contributed by atoms with Crippen LogP contribution in [0.5, 0.6) is 5.75 Å². The summed E-state index contributed by atoms with van der Waals surface area (Å²) >= 11 is 6.33. The quantitative estimate of drug-likeness (QED) is 0.193. The first-order valence-electron chi connectivity index (χ1n) is 11.2. The number of anilines is 4. The minimum atomic E-state index is -2.57. The first kappa shape index (κ1) is 27.4. The molecule has 3 aromatic rings. The normalized spacial score (nSPS) is 11.4. The second-order valence-corrected chi connectivity index (χ2v) is 12.4. The van der Waals surface area contributed by atoms with Gasteiger partial charge < -0.3 is 24.8 Å². The number of para-hydroxylation sites is 1. The molecule has 12 heteroatoms. The number of hydrogen-bond acceptors (Lipinski definition) is 9. The highest BCUT2D eigenvalue weighted by Crippen LogP contribution is 2.39. The van der Waals surface area contributed by atoms with E-state index in [1.165, 1.54) is 19.4 Å². The molecule has 0 aliphatic carbocycles. The molecule has 0 amide bonds. The van der Waals surface area contributed by atoms with Gasteiger partial charge in [0, 0.05) is 16.9 Å². The van der Waals surface area contributed by atoms with Crippen molar-refractivity contribution in [2.24, 2.45) is 0 Å². The monoisotopic (exact) mass is 532 g/mol. The van der Waals surface area contributed by atoms with Gasteiger partial charge in [0.05, 0.1) is 29.6 Å². The molecule has 2 aromatic carbocycles. The summed E-state index contributed by atoms with van der Waals surface area (Å²) in [5.41, 5.74) is 1.54. The van der Waals surface area contributed by atoms with Crippen molar-refractivity contribution < 1.29 is 14.2 Å². The molecule has 10 nitrogen and oxygen atoms in total. The Morgan fingerprint density at radius 1 is 1.17 bits per heavy atom. The van der Waals surface area contributed by atoms with Gasteiger partial charge in [0.25, 0.3) is 5.69 Å².